The summed E-state index contributed by atoms with van der Waals surface area (Å²) in [5, 5.41) is 5.05. The zero-order valence-electron chi connectivity index (χ0n) is 13.1. The van der Waals surface area contributed by atoms with Crippen LogP contribution in [-0.2, 0) is 16.0 Å². The number of anilines is 1. The average molecular weight is 313 g/mol. The van der Waals surface area contributed by atoms with Crippen LogP contribution in [0, 0.1) is 6.92 Å². The predicted octanol–water partition coefficient (Wildman–Crippen LogP) is 1.70. The quantitative estimate of drug-likeness (QED) is 0.823. The van der Waals surface area contributed by atoms with Crippen LogP contribution in [0.5, 0.6) is 5.75 Å². The summed E-state index contributed by atoms with van der Waals surface area (Å²) in [5.74, 6) is -0.261. The Morgan fingerprint density at radius 1 is 1.13 bits per heavy atom. The van der Waals surface area contributed by atoms with E-state index in [0.717, 1.165) is 16.9 Å². The van der Waals surface area contributed by atoms with E-state index in [1.54, 1.807) is 19.4 Å². The first-order valence-corrected chi connectivity index (χ1v) is 7.23. The molecule has 0 bridgehead atoms. The van der Waals surface area contributed by atoms with Gasteiger partial charge in [0.2, 0.25) is 0 Å². The monoisotopic (exact) mass is 313 g/mol. The van der Waals surface area contributed by atoms with E-state index in [9.17, 15) is 9.59 Å². The second-order valence-corrected chi connectivity index (χ2v) is 5.03. The Balaban J connectivity index is 1.78. The zero-order valence-corrected chi connectivity index (χ0v) is 13.1. The van der Waals surface area contributed by atoms with Gasteiger partial charge >= 0.3 is 11.8 Å². The van der Waals surface area contributed by atoms with Gasteiger partial charge in [0.05, 0.1) is 7.11 Å². The van der Waals surface area contributed by atoms with E-state index in [1.807, 2.05) is 37.3 Å². The average Bonchev–Trinajstić information content (AvgIpc) is 2.55. The summed E-state index contributed by atoms with van der Waals surface area (Å²) in [6, 6.07) is 11.1. The van der Waals surface area contributed by atoms with Crippen LogP contribution in [-0.4, -0.2) is 30.5 Å². The third-order valence-corrected chi connectivity index (χ3v) is 3.22. The normalized spacial score (nSPS) is 10.0. The number of carbonyl (C=O) groups excluding carboxylic acids is 2. The van der Waals surface area contributed by atoms with Crippen LogP contribution in [0.2, 0.25) is 0 Å². The number of nitrogens with one attached hydrogen (secondary N) is 2. The molecular weight excluding hydrogens is 294 g/mol. The van der Waals surface area contributed by atoms with Crippen molar-refractivity contribution >= 4 is 17.6 Å². The van der Waals surface area contributed by atoms with Gasteiger partial charge in [0.25, 0.3) is 0 Å². The minimum absolute atomic E-state index is 0.361. The number of pyridine rings is 1. The molecule has 0 aliphatic carbocycles. The second kappa shape index (κ2) is 7.93. The molecule has 2 amide bonds. The Morgan fingerprint density at radius 3 is 2.52 bits per heavy atom. The molecule has 1 aromatic carbocycles. The minimum Gasteiger partial charge on any atom is -0.497 e. The van der Waals surface area contributed by atoms with Crippen molar-refractivity contribution in [1.82, 2.24) is 10.3 Å². The van der Waals surface area contributed by atoms with Crippen LogP contribution >= 0.6 is 0 Å². The van der Waals surface area contributed by atoms with Gasteiger partial charge in [-0.05, 0) is 48.7 Å². The molecule has 120 valence electrons. The summed E-state index contributed by atoms with van der Waals surface area (Å²) in [5.41, 5.74) is 2.00. The smallest absolute Gasteiger partial charge is 0.314 e. The van der Waals surface area contributed by atoms with Crippen molar-refractivity contribution in [2.24, 2.45) is 0 Å². The summed E-state index contributed by atoms with van der Waals surface area (Å²) in [6.45, 7) is 2.26. The van der Waals surface area contributed by atoms with Crippen molar-refractivity contribution < 1.29 is 14.3 Å². The van der Waals surface area contributed by atoms with Gasteiger partial charge in [0.15, 0.2) is 0 Å². The summed E-state index contributed by atoms with van der Waals surface area (Å²) in [7, 11) is 1.61. The van der Waals surface area contributed by atoms with E-state index in [4.69, 9.17) is 4.74 Å². The lowest BCUT2D eigenvalue weighted by Gasteiger charge is -2.07. The highest BCUT2D eigenvalue weighted by Gasteiger charge is 2.13. The van der Waals surface area contributed by atoms with Crippen LogP contribution in [0.4, 0.5) is 5.82 Å². The number of rotatable bonds is 5. The number of amides is 2. The summed E-state index contributed by atoms with van der Waals surface area (Å²) in [4.78, 5) is 27.5. The maximum atomic E-state index is 11.8. The molecule has 0 unspecified atom stereocenters. The molecule has 1 aromatic heterocycles. The zero-order chi connectivity index (χ0) is 16.7. The van der Waals surface area contributed by atoms with Crippen molar-refractivity contribution in [2.45, 2.75) is 13.3 Å². The number of methoxy groups -OCH3 is 1. The number of ether oxygens (including phenoxy) is 1. The molecule has 0 saturated carbocycles. The number of nitrogens with zero attached hydrogens (tertiary/aromatic N) is 1. The molecule has 0 spiro atoms. The van der Waals surface area contributed by atoms with Crippen molar-refractivity contribution in [3.8, 4) is 5.75 Å². The van der Waals surface area contributed by atoms with Crippen LogP contribution in [0.1, 0.15) is 11.1 Å². The molecule has 0 atom stereocenters. The maximum Gasteiger partial charge on any atom is 0.314 e. The van der Waals surface area contributed by atoms with Crippen molar-refractivity contribution in [3.05, 3.63) is 53.7 Å². The van der Waals surface area contributed by atoms with Crippen LogP contribution < -0.4 is 15.4 Å². The molecule has 2 aromatic rings. The Bertz CT molecular complexity index is 684. The largest absolute Gasteiger partial charge is 0.497 e. The van der Waals surface area contributed by atoms with Gasteiger partial charge in [-0.25, -0.2) is 4.98 Å². The van der Waals surface area contributed by atoms with Crippen molar-refractivity contribution in [1.29, 1.82) is 0 Å². The molecule has 0 aliphatic rings. The molecule has 6 nitrogen and oxygen atoms in total. The van der Waals surface area contributed by atoms with Gasteiger partial charge in [-0.15, -0.1) is 0 Å². The fourth-order valence-corrected chi connectivity index (χ4v) is 1.97. The van der Waals surface area contributed by atoms with Gasteiger partial charge in [-0.1, -0.05) is 12.1 Å². The number of benzene rings is 1. The molecule has 0 saturated heterocycles. The first kappa shape index (κ1) is 16.5. The summed E-state index contributed by atoms with van der Waals surface area (Å²) < 4.78 is 5.08. The highest BCUT2D eigenvalue weighted by molar-refractivity contribution is 6.39. The first-order chi connectivity index (χ1) is 11.1. The fourth-order valence-electron chi connectivity index (χ4n) is 1.97. The molecule has 6 heteroatoms. The molecule has 2 rings (SSSR count). The lowest BCUT2D eigenvalue weighted by molar-refractivity contribution is -0.136. The standard InChI is InChI=1S/C17H19N3O3/c1-12-7-9-18-15(11-12)20-17(22)16(21)19-10-8-13-3-5-14(23-2)6-4-13/h3-7,9,11H,8,10H2,1-2H3,(H,19,21)(H,18,20,22). The highest BCUT2D eigenvalue weighted by atomic mass is 16.5. The summed E-state index contributed by atoms with van der Waals surface area (Å²) in [6.07, 6.45) is 2.21. The number of aromatic nitrogens is 1. The molecular formula is C17H19N3O3. The lowest BCUT2D eigenvalue weighted by atomic mass is 10.1. The lowest BCUT2D eigenvalue weighted by Crippen LogP contribution is -2.36. The molecule has 1 heterocycles. The Hall–Kier alpha value is -2.89. The molecule has 23 heavy (non-hydrogen) atoms. The van der Waals surface area contributed by atoms with E-state index in [1.165, 1.54) is 0 Å². The molecule has 0 radical (unpaired) electrons. The molecule has 0 fully saturated rings. The molecule has 2 N–H and O–H groups in total. The third-order valence-electron chi connectivity index (χ3n) is 3.22. The van der Waals surface area contributed by atoms with Gasteiger partial charge < -0.3 is 15.4 Å². The van der Waals surface area contributed by atoms with Crippen LogP contribution in [0.3, 0.4) is 0 Å². The van der Waals surface area contributed by atoms with Gasteiger partial charge in [0.1, 0.15) is 11.6 Å². The summed E-state index contributed by atoms with van der Waals surface area (Å²) >= 11 is 0. The Morgan fingerprint density at radius 2 is 1.87 bits per heavy atom. The van der Waals surface area contributed by atoms with E-state index in [-0.39, 0.29) is 0 Å². The van der Waals surface area contributed by atoms with Gasteiger partial charge in [-0.3, -0.25) is 9.59 Å². The first-order valence-electron chi connectivity index (χ1n) is 7.23. The predicted molar refractivity (Wildman–Crippen MR) is 87.3 cm³/mol. The second-order valence-electron chi connectivity index (χ2n) is 5.03. The van der Waals surface area contributed by atoms with Crippen LogP contribution in [0.15, 0.2) is 42.6 Å². The van der Waals surface area contributed by atoms with Gasteiger partial charge in [0, 0.05) is 12.7 Å². The SMILES string of the molecule is COc1ccc(CCNC(=O)C(=O)Nc2cc(C)ccn2)cc1. The number of carbonyl (C=O) groups is 2. The van der Waals surface area contributed by atoms with E-state index in [2.05, 4.69) is 15.6 Å². The third kappa shape index (κ3) is 5.10. The maximum absolute atomic E-state index is 11.8. The van der Waals surface area contributed by atoms with E-state index in [0.29, 0.717) is 18.8 Å². The van der Waals surface area contributed by atoms with Crippen molar-refractivity contribution in [3.63, 3.8) is 0 Å². The van der Waals surface area contributed by atoms with Crippen LogP contribution in [0.25, 0.3) is 0 Å². The topological polar surface area (TPSA) is 80.3 Å². The minimum atomic E-state index is -0.724. The highest BCUT2D eigenvalue weighted by Crippen LogP contribution is 2.11. The molecule has 0 aliphatic heterocycles. The van der Waals surface area contributed by atoms with E-state index < -0.39 is 11.8 Å². The van der Waals surface area contributed by atoms with Gasteiger partial charge in [-0.2, -0.15) is 0 Å². The Labute approximate surface area is 134 Å². The van der Waals surface area contributed by atoms with E-state index >= 15 is 0 Å². The number of hydrogen-bond acceptors (Lipinski definition) is 4. The number of aryl methyl sites for hydroxylation is 1. The fraction of sp³-hybridized carbons (Fsp3) is 0.235. The number of hydrogen-bond donors (Lipinski definition) is 2. The van der Waals surface area contributed by atoms with Crippen molar-refractivity contribution in [2.75, 3.05) is 19.0 Å². The Kier molecular flexibility index (Phi) is 5.68.